The van der Waals surface area contributed by atoms with E-state index >= 15 is 0 Å². The molecule has 1 unspecified atom stereocenters. The maximum atomic E-state index is 12.6. The summed E-state index contributed by atoms with van der Waals surface area (Å²) in [6, 6.07) is 4.13. The second-order valence-corrected chi connectivity index (χ2v) is 5.11. The molecule has 0 saturated heterocycles. The zero-order chi connectivity index (χ0) is 17.9. The molecule has 0 bridgehead atoms. The van der Waals surface area contributed by atoms with Crippen molar-refractivity contribution in [2.24, 2.45) is 4.99 Å². The quantitative estimate of drug-likeness (QED) is 0.743. The summed E-state index contributed by atoms with van der Waals surface area (Å²) in [4.78, 5) is 40.0. The number of rotatable bonds is 5. The minimum Gasteiger partial charge on any atom is -0.511 e. The van der Waals surface area contributed by atoms with Crippen LogP contribution >= 0.6 is 0 Å². The van der Waals surface area contributed by atoms with E-state index in [-0.39, 0.29) is 17.9 Å². The largest absolute Gasteiger partial charge is 0.511 e. The second-order valence-electron chi connectivity index (χ2n) is 5.11. The van der Waals surface area contributed by atoms with Crippen molar-refractivity contribution in [3.63, 3.8) is 0 Å². The zero-order valence-electron chi connectivity index (χ0n) is 12.8. The van der Waals surface area contributed by atoms with Gasteiger partial charge in [0.15, 0.2) is 6.04 Å². The van der Waals surface area contributed by atoms with Crippen LogP contribution in [0.2, 0.25) is 0 Å². The first kappa shape index (κ1) is 17.2. The molecule has 2 amide bonds. The summed E-state index contributed by atoms with van der Waals surface area (Å²) in [6.45, 7) is 1.65. The number of carboxylic acid groups (broad SMARTS) is 1. The van der Waals surface area contributed by atoms with Crippen LogP contribution in [-0.2, 0) is 14.4 Å². The van der Waals surface area contributed by atoms with Gasteiger partial charge in [-0.1, -0.05) is 12.1 Å². The zero-order valence-corrected chi connectivity index (χ0v) is 12.8. The van der Waals surface area contributed by atoms with Crippen LogP contribution in [0.3, 0.4) is 0 Å². The van der Waals surface area contributed by atoms with Crippen LogP contribution in [-0.4, -0.2) is 50.8 Å². The van der Waals surface area contributed by atoms with Gasteiger partial charge in [0, 0.05) is 12.8 Å². The van der Waals surface area contributed by atoms with Crippen molar-refractivity contribution in [3.8, 4) is 5.75 Å². The van der Waals surface area contributed by atoms with E-state index in [2.05, 4.69) is 4.99 Å². The topological polar surface area (TPSA) is 128 Å². The lowest BCUT2D eigenvalue weighted by Gasteiger charge is -2.29. The molecule has 1 aliphatic heterocycles. The number of aliphatic hydroxyl groups excluding tert-OH is 1. The molecule has 1 aliphatic rings. The number of dihydropyridines is 1. The van der Waals surface area contributed by atoms with Crippen LogP contribution < -0.4 is 0 Å². The van der Waals surface area contributed by atoms with Crippen molar-refractivity contribution in [3.05, 3.63) is 41.2 Å². The Bertz CT molecular complexity index is 735. The first-order valence-electron chi connectivity index (χ1n) is 7.16. The minimum absolute atomic E-state index is 0.0319. The van der Waals surface area contributed by atoms with E-state index in [9.17, 15) is 29.7 Å². The van der Waals surface area contributed by atoms with Gasteiger partial charge in [-0.05, 0) is 24.6 Å². The third-order valence-electron chi connectivity index (χ3n) is 3.55. The Kier molecular flexibility index (Phi) is 4.98. The normalized spacial score (nSPS) is 15.3. The van der Waals surface area contributed by atoms with E-state index < -0.39 is 36.0 Å². The van der Waals surface area contributed by atoms with Gasteiger partial charge in [-0.25, -0.2) is 9.79 Å². The molecule has 0 saturated carbocycles. The van der Waals surface area contributed by atoms with Gasteiger partial charge in [-0.2, -0.15) is 0 Å². The summed E-state index contributed by atoms with van der Waals surface area (Å²) in [6.07, 6.45) is 0.550. The predicted molar refractivity (Wildman–Crippen MR) is 83.6 cm³/mol. The van der Waals surface area contributed by atoms with Crippen molar-refractivity contribution >= 4 is 24.0 Å². The van der Waals surface area contributed by atoms with Crippen LogP contribution in [0.5, 0.6) is 5.75 Å². The average Bonchev–Trinajstić information content (AvgIpc) is 2.52. The monoisotopic (exact) mass is 332 g/mol. The Balaban J connectivity index is 2.40. The Hall–Kier alpha value is -3.16. The molecule has 8 nitrogen and oxygen atoms in total. The summed E-state index contributed by atoms with van der Waals surface area (Å²) in [7, 11) is 0. The third-order valence-corrected chi connectivity index (χ3v) is 3.55. The molecule has 0 fully saturated rings. The Morgan fingerprint density at radius 2 is 1.88 bits per heavy atom. The number of likely N-dealkylation sites (N-methyl/N-ethyl adjacent to an activating group) is 1. The van der Waals surface area contributed by atoms with Gasteiger partial charge >= 0.3 is 5.97 Å². The highest BCUT2D eigenvalue weighted by Gasteiger charge is 2.33. The van der Waals surface area contributed by atoms with Gasteiger partial charge in [0.25, 0.3) is 11.8 Å². The fourth-order valence-electron chi connectivity index (χ4n) is 2.38. The number of aliphatic imine (C=N–C) groups is 1. The molecule has 2 rings (SSSR count). The summed E-state index contributed by atoms with van der Waals surface area (Å²) in [5.41, 5.74) is 0.0842. The molecular formula is C16H16N2O6. The highest BCUT2D eigenvalue weighted by Crippen LogP contribution is 2.25. The van der Waals surface area contributed by atoms with Gasteiger partial charge in [-0.15, -0.1) is 0 Å². The number of phenols is 1. The average molecular weight is 332 g/mol. The van der Waals surface area contributed by atoms with Crippen molar-refractivity contribution in [1.82, 2.24) is 4.90 Å². The number of amides is 2. The molecule has 1 heterocycles. The number of carboxylic acids is 1. The van der Waals surface area contributed by atoms with E-state index in [0.717, 1.165) is 11.1 Å². The number of phenolic OH excluding ortho intramolecular Hbond substituents is 1. The number of benzene rings is 1. The molecule has 24 heavy (non-hydrogen) atoms. The number of carbonyl (C=O) groups excluding carboxylic acids is 2. The molecule has 0 radical (unpaired) electrons. The van der Waals surface area contributed by atoms with Gasteiger partial charge in [0.1, 0.15) is 11.5 Å². The number of aliphatic carboxylic acids is 1. The summed E-state index contributed by atoms with van der Waals surface area (Å²) in [5, 5.41) is 28.7. The molecule has 3 N–H and O–H groups in total. The molecule has 8 heteroatoms. The molecule has 1 aromatic rings. The smallest absolute Gasteiger partial charge is 0.331 e. The Morgan fingerprint density at radius 3 is 2.38 bits per heavy atom. The summed E-state index contributed by atoms with van der Waals surface area (Å²) in [5.74, 6) is -3.06. The molecule has 1 atom stereocenters. The standard InChI is InChI=1S/C16H16N2O6/c1-2-18(15(22)11-8-17-13(21)7-12(11)20)14(16(23)24)9-3-5-10(19)6-4-9/h3-6,8,14,19-20H,2,7H2,1H3,(H,23,24). The van der Waals surface area contributed by atoms with Crippen molar-refractivity contribution in [1.29, 1.82) is 0 Å². The lowest BCUT2D eigenvalue weighted by atomic mass is 10.0. The van der Waals surface area contributed by atoms with E-state index in [4.69, 9.17) is 0 Å². The van der Waals surface area contributed by atoms with E-state index in [0.29, 0.717) is 5.56 Å². The van der Waals surface area contributed by atoms with Crippen LogP contribution in [0.25, 0.3) is 0 Å². The highest BCUT2D eigenvalue weighted by molar-refractivity contribution is 6.17. The van der Waals surface area contributed by atoms with Gasteiger partial charge in [-0.3, -0.25) is 9.59 Å². The molecular weight excluding hydrogens is 316 g/mol. The summed E-state index contributed by atoms with van der Waals surface area (Å²) < 4.78 is 0. The van der Waals surface area contributed by atoms with Gasteiger partial charge < -0.3 is 20.2 Å². The highest BCUT2D eigenvalue weighted by atomic mass is 16.4. The molecule has 0 aromatic heterocycles. The Morgan fingerprint density at radius 1 is 1.25 bits per heavy atom. The molecule has 126 valence electrons. The molecule has 0 aliphatic carbocycles. The van der Waals surface area contributed by atoms with E-state index in [1.54, 1.807) is 6.92 Å². The maximum Gasteiger partial charge on any atom is 0.331 e. The number of nitrogens with zero attached hydrogens (tertiary/aromatic N) is 2. The SMILES string of the molecule is CCN(C(=O)C1=C(O)CC(=O)N=C1)C(C(=O)O)c1ccc(O)cc1. The van der Waals surface area contributed by atoms with Crippen LogP contribution in [0.15, 0.2) is 40.6 Å². The number of hydrogen-bond donors (Lipinski definition) is 3. The van der Waals surface area contributed by atoms with Crippen molar-refractivity contribution in [2.75, 3.05) is 6.54 Å². The second kappa shape index (κ2) is 6.95. The fourth-order valence-corrected chi connectivity index (χ4v) is 2.38. The molecule has 1 aromatic carbocycles. The minimum atomic E-state index is -1.31. The first-order valence-corrected chi connectivity index (χ1v) is 7.16. The van der Waals surface area contributed by atoms with E-state index in [1.807, 2.05) is 0 Å². The van der Waals surface area contributed by atoms with Crippen molar-refractivity contribution in [2.45, 2.75) is 19.4 Å². The van der Waals surface area contributed by atoms with Crippen LogP contribution in [0.4, 0.5) is 0 Å². The first-order chi connectivity index (χ1) is 11.3. The number of carbonyl (C=O) groups is 3. The van der Waals surface area contributed by atoms with E-state index in [1.165, 1.54) is 24.3 Å². The number of aromatic hydroxyl groups is 1. The number of hydrogen-bond acceptors (Lipinski definition) is 5. The van der Waals surface area contributed by atoms with Crippen LogP contribution in [0, 0.1) is 0 Å². The lowest BCUT2D eigenvalue weighted by Crippen LogP contribution is -2.40. The third kappa shape index (κ3) is 3.43. The van der Waals surface area contributed by atoms with Crippen LogP contribution in [0.1, 0.15) is 24.9 Å². The lowest BCUT2D eigenvalue weighted by molar-refractivity contribution is -0.149. The van der Waals surface area contributed by atoms with Crippen molar-refractivity contribution < 1.29 is 29.7 Å². The van der Waals surface area contributed by atoms with Gasteiger partial charge in [0.2, 0.25) is 0 Å². The maximum absolute atomic E-state index is 12.6. The Labute approximate surface area is 137 Å². The fraction of sp³-hybridized carbons (Fsp3) is 0.250. The van der Waals surface area contributed by atoms with Gasteiger partial charge in [0.05, 0.1) is 12.0 Å². The number of aliphatic hydroxyl groups is 1. The molecule has 0 spiro atoms. The summed E-state index contributed by atoms with van der Waals surface area (Å²) >= 11 is 0. The predicted octanol–water partition coefficient (Wildman–Crippen LogP) is 1.18.